The molecule has 0 heterocycles. The molecule has 2 atom stereocenters. The van der Waals surface area contributed by atoms with E-state index in [1.165, 1.54) is 12.1 Å². The average molecular weight is 384 g/mol. The smallest absolute Gasteiger partial charge is 0.308 e. The molecule has 0 radical (unpaired) electrons. The zero-order valence-electron chi connectivity index (χ0n) is 14.6. The highest BCUT2D eigenvalue weighted by molar-refractivity contribution is 7.89. The van der Waals surface area contributed by atoms with E-state index in [9.17, 15) is 18.0 Å². The number of carboxylic acid groups (broad SMARTS) is 1. The van der Waals surface area contributed by atoms with Crippen molar-refractivity contribution in [3.63, 3.8) is 0 Å². The van der Waals surface area contributed by atoms with E-state index in [1.807, 2.05) is 6.92 Å². The molecule has 1 saturated carbocycles. The van der Waals surface area contributed by atoms with Gasteiger partial charge in [-0.25, -0.2) is 13.1 Å². The Labute approximate surface area is 153 Å². The zero-order valence-corrected chi connectivity index (χ0v) is 15.4. The van der Waals surface area contributed by atoms with Gasteiger partial charge in [0.15, 0.2) is 0 Å². The molecule has 1 aromatic carbocycles. The molecule has 26 heavy (non-hydrogen) atoms. The Morgan fingerprint density at radius 3 is 2.54 bits per heavy atom. The number of nitrogens with one attached hydrogen (secondary N) is 2. The van der Waals surface area contributed by atoms with Gasteiger partial charge < -0.3 is 15.2 Å². The number of aliphatic carboxylic acids is 1. The average Bonchev–Trinajstić information content (AvgIpc) is 3.04. The molecule has 1 fully saturated rings. The van der Waals surface area contributed by atoms with Crippen LogP contribution in [0.15, 0.2) is 29.2 Å². The van der Waals surface area contributed by atoms with Crippen LogP contribution in [0.4, 0.5) is 0 Å². The summed E-state index contributed by atoms with van der Waals surface area (Å²) in [5.74, 6) is -1.27. The standard InChI is InChI=1S/C17H24N2O6S/c1-2-25-12-6-8-13(9-7-12)26(23,24)18-11-10-16(20)19-15-5-3-4-14(15)17(21)22/h6-9,14-15,18H,2-5,10-11H2,1H3,(H,19,20)(H,21,22)/t14-,15+/m0/s1. The molecule has 0 aliphatic heterocycles. The number of benzene rings is 1. The zero-order chi connectivity index (χ0) is 19.2. The molecule has 2 rings (SSSR count). The normalized spacial score (nSPS) is 19.9. The summed E-state index contributed by atoms with van der Waals surface area (Å²) in [6, 6.07) is 5.61. The van der Waals surface area contributed by atoms with Crippen LogP contribution in [-0.2, 0) is 19.6 Å². The van der Waals surface area contributed by atoms with Crippen LogP contribution in [0.3, 0.4) is 0 Å². The summed E-state index contributed by atoms with van der Waals surface area (Å²) in [7, 11) is -3.72. The van der Waals surface area contributed by atoms with Gasteiger partial charge in [-0.1, -0.05) is 6.42 Å². The SMILES string of the molecule is CCOc1ccc(S(=O)(=O)NCCC(=O)N[C@@H]2CCC[C@@H]2C(=O)O)cc1. The summed E-state index contributed by atoms with van der Waals surface area (Å²) in [6.45, 7) is 2.26. The first-order valence-corrected chi connectivity index (χ1v) is 10.1. The summed E-state index contributed by atoms with van der Waals surface area (Å²) >= 11 is 0. The van der Waals surface area contributed by atoms with E-state index >= 15 is 0 Å². The predicted octanol–water partition coefficient (Wildman–Crippen LogP) is 1.12. The Morgan fingerprint density at radius 2 is 1.92 bits per heavy atom. The van der Waals surface area contributed by atoms with Crippen molar-refractivity contribution in [2.45, 2.75) is 43.5 Å². The van der Waals surface area contributed by atoms with E-state index in [1.54, 1.807) is 12.1 Å². The first kappa shape index (κ1) is 20.2. The molecule has 0 bridgehead atoms. The number of ether oxygens (including phenoxy) is 1. The van der Waals surface area contributed by atoms with Gasteiger partial charge >= 0.3 is 5.97 Å². The summed E-state index contributed by atoms with van der Waals surface area (Å²) in [5, 5.41) is 11.8. The second kappa shape index (κ2) is 9.00. The Hall–Kier alpha value is -2.13. The van der Waals surface area contributed by atoms with Crippen molar-refractivity contribution >= 4 is 21.9 Å². The molecule has 0 saturated heterocycles. The molecular formula is C17H24N2O6S. The first-order chi connectivity index (χ1) is 12.3. The predicted molar refractivity (Wildman–Crippen MR) is 94.3 cm³/mol. The summed E-state index contributed by atoms with van der Waals surface area (Å²) < 4.78 is 32.1. The third-order valence-corrected chi connectivity index (χ3v) is 5.75. The molecule has 1 aliphatic rings. The lowest BCUT2D eigenvalue weighted by molar-refractivity contribution is -0.142. The highest BCUT2D eigenvalue weighted by Gasteiger charge is 2.33. The van der Waals surface area contributed by atoms with Crippen molar-refractivity contribution < 1.29 is 27.9 Å². The highest BCUT2D eigenvalue weighted by atomic mass is 32.2. The van der Waals surface area contributed by atoms with Crippen molar-refractivity contribution in [1.29, 1.82) is 0 Å². The van der Waals surface area contributed by atoms with Gasteiger partial charge in [-0.2, -0.15) is 0 Å². The Balaban J connectivity index is 1.82. The number of rotatable bonds is 9. The fourth-order valence-corrected chi connectivity index (χ4v) is 4.00. The maximum atomic E-state index is 12.2. The molecule has 144 valence electrons. The van der Waals surface area contributed by atoms with Gasteiger partial charge in [-0.15, -0.1) is 0 Å². The van der Waals surface area contributed by atoms with Crippen molar-refractivity contribution in [3.8, 4) is 5.75 Å². The molecule has 0 spiro atoms. The van der Waals surface area contributed by atoms with Gasteiger partial charge in [0.25, 0.3) is 0 Å². The minimum atomic E-state index is -3.72. The fraction of sp³-hybridized carbons (Fsp3) is 0.529. The molecule has 3 N–H and O–H groups in total. The maximum Gasteiger partial charge on any atom is 0.308 e. The lowest BCUT2D eigenvalue weighted by Crippen LogP contribution is -2.41. The van der Waals surface area contributed by atoms with E-state index in [0.29, 0.717) is 25.2 Å². The largest absolute Gasteiger partial charge is 0.494 e. The third-order valence-electron chi connectivity index (χ3n) is 4.27. The fourth-order valence-electron chi connectivity index (χ4n) is 2.97. The minimum Gasteiger partial charge on any atom is -0.494 e. The third kappa shape index (κ3) is 5.43. The number of sulfonamides is 1. The number of amides is 1. The molecular weight excluding hydrogens is 360 g/mol. The van der Waals surface area contributed by atoms with Crippen LogP contribution in [-0.4, -0.2) is 44.6 Å². The van der Waals surface area contributed by atoms with Crippen LogP contribution < -0.4 is 14.8 Å². The Bertz CT molecular complexity index is 732. The van der Waals surface area contributed by atoms with Crippen molar-refractivity contribution in [1.82, 2.24) is 10.0 Å². The molecule has 0 aromatic heterocycles. The number of hydrogen-bond acceptors (Lipinski definition) is 5. The molecule has 1 aromatic rings. The van der Waals surface area contributed by atoms with E-state index in [0.717, 1.165) is 6.42 Å². The molecule has 1 aliphatic carbocycles. The first-order valence-electron chi connectivity index (χ1n) is 8.58. The van der Waals surface area contributed by atoms with Crippen molar-refractivity contribution in [2.75, 3.05) is 13.2 Å². The highest BCUT2D eigenvalue weighted by Crippen LogP contribution is 2.25. The van der Waals surface area contributed by atoms with Crippen molar-refractivity contribution in [3.05, 3.63) is 24.3 Å². The van der Waals surface area contributed by atoms with Crippen LogP contribution in [0.5, 0.6) is 5.75 Å². The van der Waals surface area contributed by atoms with E-state index < -0.39 is 21.9 Å². The van der Waals surface area contributed by atoms with E-state index in [4.69, 9.17) is 9.84 Å². The number of carbonyl (C=O) groups is 2. The number of carbonyl (C=O) groups excluding carboxylic acids is 1. The monoisotopic (exact) mass is 384 g/mol. The molecule has 9 heteroatoms. The Morgan fingerprint density at radius 1 is 1.23 bits per heavy atom. The van der Waals surface area contributed by atoms with Gasteiger partial charge in [-0.05, 0) is 44.0 Å². The molecule has 1 amide bonds. The topological polar surface area (TPSA) is 122 Å². The molecule has 0 unspecified atom stereocenters. The summed E-state index contributed by atoms with van der Waals surface area (Å²) in [6.07, 6.45) is 1.87. The maximum absolute atomic E-state index is 12.2. The second-order valence-corrected chi connectivity index (χ2v) is 7.87. The van der Waals surface area contributed by atoms with Gasteiger partial charge in [0.2, 0.25) is 15.9 Å². The van der Waals surface area contributed by atoms with Gasteiger partial charge in [0, 0.05) is 19.0 Å². The van der Waals surface area contributed by atoms with E-state index in [2.05, 4.69) is 10.0 Å². The quantitative estimate of drug-likeness (QED) is 0.587. The summed E-state index contributed by atoms with van der Waals surface area (Å²) in [4.78, 5) is 23.1. The van der Waals surface area contributed by atoms with Gasteiger partial charge in [-0.3, -0.25) is 9.59 Å². The van der Waals surface area contributed by atoms with Crippen LogP contribution in [0.1, 0.15) is 32.6 Å². The Kier molecular flexibility index (Phi) is 6.98. The minimum absolute atomic E-state index is 0.0564. The number of carboxylic acids is 1. The van der Waals surface area contributed by atoms with Crippen LogP contribution in [0, 0.1) is 5.92 Å². The van der Waals surface area contributed by atoms with Crippen LogP contribution >= 0.6 is 0 Å². The van der Waals surface area contributed by atoms with Crippen molar-refractivity contribution in [2.24, 2.45) is 5.92 Å². The van der Waals surface area contributed by atoms with Gasteiger partial charge in [0.05, 0.1) is 17.4 Å². The number of hydrogen-bond donors (Lipinski definition) is 3. The second-order valence-electron chi connectivity index (χ2n) is 6.10. The summed E-state index contributed by atoms with van der Waals surface area (Å²) in [5.41, 5.74) is 0. The van der Waals surface area contributed by atoms with Crippen LogP contribution in [0.25, 0.3) is 0 Å². The van der Waals surface area contributed by atoms with E-state index in [-0.39, 0.29) is 29.8 Å². The molecule has 8 nitrogen and oxygen atoms in total. The van der Waals surface area contributed by atoms with Gasteiger partial charge in [0.1, 0.15) is 5.75 Å². The van der Waals surface area contributed by atoms with Crippen LogP contribution in [0.2, 0.25) is 0 Å². The lowest BCUT2D eigenvalue weighted by atomic mass is 10.0. The lowest BCUT2D eigenvalue weighted by Gasteiger charge is -2.17.